The van der Waals surface area contributed by atoms with E-state index in [2.05, 4.69) is 16.6 Å². The molecule has 0 bridgehead atoms. The Morgan fingerprint density at radius 1 is 1.12 bits per heavy atom. The number of nitrogens with one attached hydrogen (secondary N) is 1. The van der Waals surface area contributed by atoms with Gasteiger partial charge in [0.1, 0.15) is 12.4 Å². The van der Waals surface area contributed by atoms with Gasteiger partial charge < -0.3 is 9.47 Å². The van der Waals surface area contributed by atoms with Crippen molar-refractivity contribution in [2.75, 3.05) is 6.61 Å². The molecule has 32 heavy (non-hydrogen) atoms. The summed E-state index contributed by atoms with van der Waals surface area (Å²) >= 11 is 0. The van der Waals surface area contributed by atoms with Crippen molar-refractivity contribution in [3.05, 3.63) is 94.3 Å². The molecule has 0 aromatic heterocycles. The van der Waals surface area contributed by atoms with Crippen molar-refractivity contribution < 1.29 is 18.7 Å². The first-order valence-electron chi connectivity index (χ1n) is 9.98. The van der Waals surface area contributed by atoms with E-state index >= 15 is 0 Å². The highest BCUT2D eigenvalue weighted by Crippen LogP contribution is 2.29. The monoisotopic (exact) mass is 431 g/mol. The van der Waals surface area contributed by atoms with Crippen LogP contribution in [-0.2, 0) is 6.61 Å². The summed E-state index contributed by atoms with van der Waals surface area (Å²) in [6.07, 6.45) is 1.42. The normalized spacial score (nSPS) is 10.6. The third kappa shape index (κ3) is 5.92. The molecule has 0 radical (unpaired) electrons. The van der Waals surface area contributed by atoms with Gasteiger partial charge in [0.25, 0.3) is 5.91 Å². The van der Waals surface area contributed by atoms with E-state index in [1.807, 2.05) is 38.1 Å². The maximum Gasteiger partial charge on any atom is 0.274 e. The molecule has 7 heteroatoms. The third-order valence-electron chi connectivity index (χ3n) is 4.47. The van der Waals surface area contributed by atoms with Crippen LogP contribution in [0.4, 0.5) is 4.39 Å². The third-order valence-corrected chi connectivity index (χ3v) is 4.47. The molecule has 3 aromatic carbocycles. The van der Waals surface area contributed by atoms with E-state index in [1.54, 1.807) is 18.2 Å². The predicted octanol–water partition coefficient (Wildman–Crippen LogP) is 4.75. The summed E-state index contributed by atoms with van der Waals surface area (Å²) < 4.78 is 25.5. The van der Waals surface area contributed by atoms with Gasteiger partial charge in [0.2, 0.25) is 0 Å². The van der Waals surface area contributed by atoms with Crippen molar-refractivity contribution in [3.63, 3.8) is 0 Å². The van der Waals surface area contributed by atoms with Gasteiger partial charge in [0.15, 0.2) is 11.5 Å². The van der Waals surface area contributed by atoms with Gasteiger partial charge in [-0.2, -0.15) is 10.4 Å². The van der Waals surface area contributed by atoms with Crippen LogP contribution in [0.25, 0.3) is 0 Å². The molecule has 0 saturated heterocycles. The second-order valence-electron chi connectivity index (χ2n) is 6.92. The van der Waals surface area contributed by atoms with Gasteiger partial charge >= 0.3 is 0 Å². The SMILES string of the molecule is CCOc1cc(/C=N\NC(=O)c2ccc(C#N)cc2F)ccc1OCc1cccc(C)c1. The zero-order valence-electron chi connectivity index (χ0n) is 17.8. The molecule has 0 aliphatic carbocycles. The maximum absolute atomic E-state index is 13.9. The zero-order chi connectivity index (χ0) is 22.9. The highest BCUT2D eigenvalue weighted by molar-refractivity contribution is 5.95. The molecule has 0 aliphatic heterocycles. The number of nitriles is 1. The number of hydrogen-bond acceptors (Lipinski definition) is 5. The fourth-order valence-corrected chi connectivity index (χ4v) is 2.95. The van der Waals surface area contributed by atoms with E-state index < -0.39 is 11.7 Å². The Labute approximate surface area is 185 Å². The number of ether oxygens (including phenoxy) is 2. The highest BCUT2D eigenvalue weighted by atomic mass is 19.1. The first-order valence-corrected chi connectivity index (χ1v) is 9.98. The first-order chi connectivity index (χ1) is 15.5. The van der Waals surface area contributed by atoms with E-state index in [-0.39, 0.29) is 11.1 Å². The Morgan fingerprint density at radius 3 is 2.69 bits per heavy atom. The number of rotatable bonds is 8. The standard InChI is InChI=1S/C25H22FN3O3/c1-3-31-24-13-19(8-10-23(24)32-16-20-6-4-5-17(2)11-20)15-28-29-25(30)21-9-7-18(14-27)12-22(21)26/h4-13,15H,3,16H2,1-2H3,(H,29,30)/b28-15-. The molecule has 0 aliphatic rings. The zero-order valence-corrected chi connectivity index (χ0v) is 17.8. The summed E-state index contributed by atoms with van der Waals surface area (Å²) in [6.45, 7) is 4.76. The maximum atomic E-state index is 13.9. The van der Waals surface area contributed by atoms with Crippen LogP contribution in [0.15, 0.2) is 65.8 Å². The summed E-state index contributed by atoms with van der Waals surface area (Å²) in [5.41, 5.74) is 5.09. The molecule has 162 valence electrons. The van der Waals surface area contributed by atoms with Crippen molar-refractivity contribution >= 4 is 12.1 Å². The van der Waals surface area contributed by atoms with Gasteiger partial charge in [0.05, 0.1) is 30.0 Å². The fourth-order valence-electron chi connectivity index (χ4n) is 2.95. The lowest BCUT2D eigenvalue weighted by atomic mass is 10.1. The van der Waals surface area contributed by atoms with Crippen molar-refractivity contribution in [1.29, 1.82) is 5.26 Å². The average molecular weight is 431 g/mol. The van der Waals surface area contributed by atoms with Crippen molar-refractivity contribution in [2.24, 2.45) is 5.10 Å². The Balaban J connectivity index is 1.67. The van der Waals surface area contributed by atoms with E-state index in [9.17, 15) is 9.18 Å². The number of carbonyl (C=O) groups excluding carboxylic acids is 1. The second kappa shape index (κ2) is 10.7. The molecule has 0 saturated carbocycles. The molecule has 3 rings (SSSR count). The number of halogens is 1. The van der Waals surface area contributed by atoms with E-state index in [4.69, 9.17) is 14.7 Å². The molecule has 1 N–H and O–H groups in total. The van der Waals surface area contributed by atoms with E-state index in [1.165, 1.54) is 18.3 Å². The number of carbonyl (C=O) groups is 1. The largest absolute Gasteiger partial charge is 0.490 e. The van der Waals surface area contributed by atoms with Crippen LogP contribution in [0.2, 0.25) is 0 Å². The molecule has 0 atom stereocenters. The quantitative estimate of drug-likeness (QED) is 0.412. The summed E-state index contributed by atoms with van der Waals surface area (Å²) in [7, 11) is 0. The van der Waals surface area contributed by atoms with E-state index in [0.717, 1.165) is 17.2 Å². The van der Waals surface area contributed by atoms with Gasteiger partial charge in [-0.1, -0.05) is 29.8 Å². The smallest absolute Gasteiger partial charge is 0.274 e. The number of benzene rings is 3. The van der Waals surface area contributed by atoms with Crippen LogP contribution in [-0.4, -0.2) is 18.7 Å². The molecule has 3 aromatic rings. The lowest BCUT2D eigenvalue weighted by molar-refractivity contribution is 0.0951. The van der Waals surface area contributed by atoms with Crippen LogP contribution in [0.1, 0.15) is 39.5 Å². The number of hydrogen-bond donors (Lipinski definition) is 1. The Hall–Kier alpha value is -4.18. The average Bonchev–Trinajstić information content (AvgIpc) is 2.78. The Kier molecular flexibility index (Phi) is 7.55. The minimum Gasteiger partial charge on any atom is -0.490 e. The molecule has 0 fully saturated rings. The second-order valence-corrected chi connectivity index (χ2v) is 6.92. The van der Waals surface area contributed by atoms with Crippen LogP contribution in [0.3, 0.4) is 0 Å². The summed E-state index contributed by atoms with van der Waals surface area (Å²) in [5.74, 6) is -0.361. The Morgan fingerprint density at radius 2 is 1.97 bits per heavy atom. The molecular weight excluding hydrogens is 409 g/mol. The van der Waals surface area contributed by atoms with Crippen LogP contribution in [0, 0.1) is 24.1 Å². The minimum atomic E-state index is -0.787. The lowest BCUT2D eigenvalue weighted by Gasteiger charge is -2.13. The summed E-state index contributed by atoms with van der Waals surface area (Å²) in [5, 5.41) is 12.7. The molecule has 0 spiro atoms. The Bertz CT molecular complexity index is 1190. The predicted molar refractivity (Wildman–Crippen MR) is 119 cm³/mol. The topological polar surface area (TPSA) is 83.7 Å². The van der Waals surface area contributed by atoms with Crippen molar-refractivity contribution in [1.82, 2.24) is 5.43 Å². The first kappa shape index (κ1) is 22.5. The van der Waals surface area contributed by atoms with Crippen molar-refractivity contribution in [2.45, 2.75) is 20.5 Å². The molecule has 0 unspecified atom stereocenters. The van der Waals surface area contributed by atoms with Gasteiger partial charge in [-0.05, 0) is 61.4 Å². The van der Waals surface area contributed by atoms with Gasteiger partial charge in [-0.25, -0.2) is 9.82 Å². The number of amides is 1. The minimum absolute atomic E-state index is 0.135. The number of nitrogens with zero attached hydrogens (tertiary/aromatic N) is 2. The van der Waals surface area contributed by atoms with Gasteiger partial charge in [-0.3, -0.25) is 4.79 Å². The summed E-state index contributed by atoms with van der Waals surface area (Å²) in [6, 6.07) is 18.8. The number of hydrazone groups is 1. The molecule has 1 amide bonds. The molecule has 6 nitrogen and oxygen atoms in total. The fraction of sp³-hybridized carbons (Fsp3) is 0.160. The van der Waals surface area contributed by atoms with Crippen LogP contribution >= 0.6 is 0 Å². The lowest BCUT2D eigenvalue weighted by Crippen LogP contribution is -2.19. The highest BCUT2D eigenvalue weighted by Gasteiger charge is 2.12. The van der Waals surface area contributed by atoms with Gasteiger partial charge in [-0.15, -0.1) is 0 Å². The molecule has 0 heterocycles. The van der Waals surface area contributed by atoms with Crippen LogP contribution < -0.4 is 14.9 Å². The van der Waals surface area contributed by atoms with Gasteiger partial charge in [0, 0.05) is 0 Å². The summed E-state index contributed by atoms with van der Waals surface area (Å²) in [4.78, 5) is 12.1. The van der Waals surface area contributed by atoms with E-state index in [0.29, 0.717) is 30.3 Å². The van der Waals surface area contributed by atoms with Crippen molar-refractivity contribution in [3.8, 4) is 17.6 Å². The number of aryl methyl sites for hydroxylation is 1. The van der Waals surface area contributed by atoms with Crippen LogP contribution in [0.5, 0.6) is 11.5 Å². The molecular formula is C25H22FN3O3.